The number of hydrogen-bond donors (Lipinski definition) is 0. The third kappa shape index (κ3) is 7.05. The normalized spacial score (nSPS) is 15.3. The molecule has 76 heavy (non-hydrogen) atoms. The van der Waals surface area contributed by atoms with Gasteiger partial charge in [-0.3, -0.25) is 0 Å². The van der Waals surface area contributed by atoms with Crippen molar-refractivity contribution >= 4 is 59.0 Å². The lowest BCUT2D eigenvalue weighted by Crippen LogP contribution is -2.29. The van der Waals surface area contributed by atoms with Crippen molar-refractivity contribution < 1.29 is 4.42 Å². The van der Waals surface area contributed by atoms with Gasteiger partial charge in [0.05, 0.1) is 5.41 Å². The van der Waals surface area contributed by atoms with Gasteiger partial charge in [0.15, 0.2) is 0 Å². The molecule has 2 unspecified atom stereocenters. The number of rotatable bonds is 9. The van der Waals surface area contributed by atoms with E-state index in [9.17, 15) is 0 Å². The van der Waals surface area contributed by atoms with E-state index in [1.165, 1.54) is 104 Å². The summed E-state index contributed by atoms with van der Waals surface area (Å²) >= 11 is 1.90. The Morgan fingerprint density at radius 1 is 0.395 bits per heavy atom. The maximum atomic E-state index is 6.64. The van der Waals surface area contributed by atoms with Crippen LogP contribution in [0.3, 0.4) is 0 Å². The quantitative estimate of drug-likeness (QED) is 0.131. The summed E-state index contributed by atoms with van der Waals surface area (Å²) in [6, 6.07) is 95.5. The van der Waals surface area contributed by atoms with Gasteiger partial charge < -0.3 is 4.42 Å². The number of hydrogen-bond acceptors (Lipinski definition) is 2. The molecule has 0 aliphatic heterocycles. The van der Waals surface area contributed by atoms with Crippen LogP contribution < -0.4 is 0 Å². The molecule has 0 amide bonds. The first-order valence-electron chi connectivity index (χ1n) is 26.6. The number of allylic oxidation sites excluding steroid dienone is 4. The molecule has 11 aromatic carbocycles. The average Bonchev–Trinajstić information content (AvgIpc) is 4.21. The molecule has 2 heteroatoms. The highest BCUT2D eigenvalue weighted by molar-refractivity contribution is 7.26. The van der Waals surface area contributed by atoms with Crippen LogP contribution in [0.2, 0.25) is 0 Å². The lowest BCUT2D eigenvalue weighted by Gasteiger charge is -2.36. The molecule has 2 heterocycles. The van der Waals surface area contributed by atoms with Gasteiger partial charge in [-0.15, -0.1) is 11.3 Å². The largest absolute Gasteiger partial charge is 0.455 e. The molecule has 0 saturated carbocycles. The first-order chi connectivity index (χ1) is 37.7. The van der Waals surface area contributed by atoms with Crippen LogP contribution in [0, 0.1) is 0 Å². The highest BCUT2D eigenvalue weighted by Crippen LogP contribution is 2.59. The van der Waals surface area contributed by atoms with Crippen LogP contribution in [0.5, 0.6) is 0 Å². The Morgan fingerprint density at radius 2 is 0.961 bits per heavy atom. The molecule has 0 radical (unpaired) electrons. The van der Waals surface area contributed by atoms with Gasteiger partial charge in [-0.2, -0.15) is 0 Å². The van der Waals surface area contributed by atoms with E-state index in [4.69, 9.17) is 4.42 Å². The smallest absolute Gasteiger partial charge is 0.143 e. The van der Waals surface area contributed by atoms with Crippen molar-refractivity contribution in [3.63, 3.8) is 0 Å². The van der Waals surface area contributed by atoms with E-state index in [-0.39, 0.29) is 5.92 Å². The summed E-state index contributed by atoms with van der Waals surface area (Å²) < 4.78 is 9.25. The zero-order chi connectivity index (χ0) is 50.2. The Kier molecular flexibility index (Phi) is 10.6. The van der Waals surface area contributed by atoms with Crippen molar-refractivity contribution in [2.24, 2.45) is 0 Å². The second-order valence-corrected chi connectivity index (χ2v) is 21.5. The maximum absolute atomic E-state index is 6.64. The average molecular weight is 987 g/mol. The van der Waals surface area contributed by atoms with Crippen molar-refractivity contribution in [1.29, 1.82) is 0 Å². The highest BCUT2D eigenvalue weighted by atomic mass is 32.1. The van der Waals surface area contributed by atoms with E-state index < -0.39 is 5.41 Å². The van der Waals surface area contributed by atoms with Gasteiger partial charge in [-0.25, -0.2) is 0 Å². The van der Waals surface area contributed by atoms with Crippen molar-refractivity contribution in [1.82, 2.24) is 0 Å². The van der Waals surface area contributed by atoms with Gasteiger partial charge in [0.25, 0.3) is 0 Å². The van der Waals surface area contributed by atoms with Gasteiger partial charge in [0.2, 0.25) is 0 Å². The first-order valence-corrected chi connectivity index (χ1v) is 27.4. The fraction of sp³-hybridized carbons (Fsp3) is 0.0541. The molecular formula is C74H50OS. The van der Waals surface area contributed by atoms with E-state index in [0.717, 1.165) is 45.9 Å². The van der Waals surface area contributed by atoms with Crippen LogP contribution >= 0.6 is 11.3 Å². The number of thiophene rings is 1. The van der Waals surface area contributed by atoms with E-state index >= 15 is 0 Å². The Hall–Kier alpha value is -9.08. The second kappa shape index (κ2) is 18.1. The molecule has 0 bridgehead atoms. The minimum Gasteiger partial charge on any atom is -0.455 e. The Morgan fingerprint density at radius 3 is 1.71 bits per heavy atom. The molecular weight excluding hydrogens is 937 g/mol. The van der Waals surface area contributed by atoms with Crippen LogP contribution in [0.25, 0.3) is 92.2 Å². The van der Waals surface area contributed by atoms with E-state index in [2.05, 4.69) is 267 Å². The monoisotopic (exact) mass is 986 g/mol. The highest BCUT2D eigenvalue weighted by Gasteiger charge is 2.48. The summed E-state index contributed by atoms with van der Waals surface area (Å²) in [5.74, 6) is -0.0416. The second-order valence-electron chi connectivity index (χ2n) is 20.5. The molecule has 2 aliphatic rings. The summed E-state index contributed by atoms with van der Waals surface area (Å²) in [4.78, 5) is 0. The van der Waals surface area contributed by atoms with E-state index in [0.29, 0.717) is 0 Å². The van der Waals surface area contributed by atoms with Crippen LogP contribution in [-0.2, 0) is 5.41 Å². The van der Waals surface area contributed by atoms with Crippen LogP contribution in [0.4, 0.5) is 0 Å². The van der Waals surface area contributed by atoms with Crippen molar-refractivity contribution in [2.45, 2.75) is 24.2 Å². The molecule has 13 aromatic rings. The Labute approximate surface area is 447 Å². The predicted molar refractivity (Wildman–Crippen MR) is 320 cm³/mol. The van der Waals surface area contributed by atoms with Gasteiger partial charge >= 0.3 is 0 Å². The minimum absolute atomic E-state index is 0.0416. The number of furan rings is 1. The molecule has 0 spiro atoms. The Bertz CT molecular complexity index is 4430. The fourth-order valence-corrected chi connectivity index (χ4v) is 14.2. The lowest BCUT2D eigenvalue weighted by atomic mass is 9.65. The number of fused-ring (bicyclic) bond motifs is 9. The van der Waals surface area contributed by atoms with Crippen LogP contribution in [0.1, 0.15) is 63.3 Å². The molecule has 2 aliphatic carbocycles. The SMILES string of the molecule is C1=CCCC(c2ccc(C(c3ccc(-c4ccccc4)cc3)c3ccc4c(c3)C(c3ccc(-c5cccc6c5oc5ccccc56)cc3)(c3ccccc3-c3cccc5c3sc3ccccc35)c3ccccc3-4)cc2)=C1. The fourth-order valence-electron chi connectivity index (χ4n) is 12.9. The molecule has 15 rings (SSSR count). The van der Waals surface area contributed by atoms with Gasteiger partial charge in [0, 0.05) is 42.4 Å². The minimum atomic E-state index is -0.714. The van der Waals surface area contributed by atoms with Crippen molar-refractivity contribution in [2.75, 3.05) is 0 Å². The molecule has 358 valence electrons. The molecule has 0 N–H and O–H groups in total. The van der Waals surface area contributed by atoms with Crippen LogP contribution in [0.15, 0.2) is 277 Å². The number of benzene rings is 11. The van der Waals surface area contributed by atoms with E-state index in [1.54, 1.807) is 0 Å². The molecule has 0 saturated heterocycles. The van der Waals surface area contributed by atoms with Gasteiger partial charge in [-0.1, -0.05) is 261 Å². The standard InChI is InChI=1S/C74H50OS/c1-3-17-48(18-4-1)50-33-37-53(38-34-50)71(54-39-35-51(36-40-54)49-19-5-2-6-20-49)55-43-46-60-58-21-7-11-29-66(58)74(68(60)47-55,56-44-41-52(42-45-56)57-25-15-26-63-61-23-9-13-31-69(61)75-72(57)63)67-30-12-8-22-59(67)64-27-16-28-65-62-24-10-14-32-70(62)76-73(64)65/h1-5,7-19,21-47,71H,6,20H2. The first kappa shape index (κ1) is 44.4. The zero-order valence-electron chi connectivity index (χ0n) is 41.8. The predicted octanol–water partition coefficient (Wildman–Crippen LogP) is 20.2. The zero-order valence-corrected chi connectivity index (χ0v) is 42.6. The molecule has 2 atom stereocenters. The molecule has 1 nitrogen and oxygen atoms in total. The van der Waals surface area contributed by atoms with Crippen molar-refractivity contribution in [3.8, 4) is 44.5 Å². The topological polar surface area (TPSA) is 13.1 Å². The molecule has 2 aromatic heterocycles. The third-order valence-electron chi connectivity index (χ3n) is 16.4. The van der Waals surface area contributed by atoms with Crippen molar-refractivity contribution in [3.05, 3.63) is 318 Å². The third-order valence-corrected chi connectivity index (χ3v) is 17.7. The maximum Gasteiger partial charge on any atom is 0.143 e. The summed E-state index contributed by atoms with van der Waals surface area (Å²) in [5.41, 5.74) is 22.3. The summed E-state index contributed by atoms with van der Waals surface area (Å²) in [6.45, 7) is 0. The van der Waals surface area contributed by atoms with E-state index in [1.807, 2.05) is 17.4 Å². The Balaban J connectivity index is 0.976. The van der Waals surface area contributed by atoms with Gasteiger partial charge in [-0.05, 0) is 114 Å². The summed E-state index contributed by atoms with van der Waals surface area (Å²) in [5, 5.41) is 4.86. The lowest BCUT2D eigenvalue weighted by molar-refractivity contribution is 0.670. The number of para-hydroxylation sites is 2. The molecule has 0 fully saturated rings. The van der Waals surface area contributed by atoms with Crippen LogP contribution in [-0.4, -0.2) is 0 Å². The summed E-state index contributed by atoms with van der Waals surface area (Å²) in [7, 11) is 0. The summed E-state index contributed by atoms with van der Waals surface area (Å²) in [6.07, 6.45) is 8.88. The van der Waals surface area contributed by atoms with Gasteiger partial charge in [0.1, 0.15) is 11.2 Å².